The minimum Gasteiger partial charge on any atom is -0.350 e. The van der Waals surface area contributed by atoms with Gasteiger partial charge >= 0.3 is 0 Å². The molecule has 0 aromatic heterocycles. The Balaban J connectivity index is 1.79. The Bertz CT molecular complexity index is 720. The number of piperazine rings is 1. The third-order valence-electron chi connectivity index (χ3n) is 4.36. The van der Waals surface area contributed by atoms with Crippen LogP contribution in [0.2, 0.25) is 0 Å². The number of amides is 2. The summed E-state index contributed by atoms with van der Waals surface area (Å²) in [5.41, 5.74) is 3.18. The molecule has 2 aliphatic rings. The monoisotopic (exact) mass is 362 g/mol. The normalized spacial score (nSPS) is 25.7. The Morgan fingerprint density at radius 3 is 2.73 bits per heavy atom. The lowest BCUT2D eigenvalue weighted by Gasteiger charge is -2.38. The van der Waals surface area contributed by atoms with Gasteiger partial charge in [-0.2, -0.15) is 0 Å². The molecule has 0 radical (unpaired) electrons. The SMILES string of the molecule is CC(C)CC1C(=O)NC(C)CN1C(=O)C1=NC(c2ccc(F)cc2)ON1. The fourth-order valence-corrected chi connectivity index (χ4v) is 3.14. The van der Waals surface area contributed by atoms with Crippen molar-refractivity contribution in [3.63, 3.8) is 0 Å². The molecule has 26 heavy (non-hydrogen) atoms. The maximum atomic E-state index is 13.1. The van der Waals surface area contributed by atoms with Gasteiger partial charge in [0.05, 0.1) is 0 Å². The quantitative estimate of drug-likeness (QED) is 0.851. The van der Waals surface area contributed by atoms with E-state index in [1.54, 1.807) is 17.0 Å². The second kappa shape index (κ2) is 7.41. The zero-order valence-corrected chi connectivity index (χ0v) is 15.0. The predicted molar refractivity (Wildman–Crippen MR) is 93.4 cm³/mol. The van der Waals surface area contributed by atoms with E-state index in [2.05, 4.69) is 15.8 Å². The molecule has 3 unspecified atom stereocenters. The van der Waals surface area contributed by atoms with Gasteiger partial charge in [-0.15, -0.1) is 0 Å². The number of hydrogen-bond acceptors (Lipinski definition) is 5. The summed E-state index contributed by atoms with van der Waals surface area (Å²) in [6.45, 7) is 6.27. The van der Waals surface area contributed by atoms with Crippen LogP contribution >= 0.6 is 0 Å². The van der Waals surface area contributed by atoms with E-state index in [1.807, 2.05) is 20.8 Å². The number of carbonyl (C=O) groups is 2. The third kappa shape index (κ3) is 3.85. The summed E-state index contributed by atoms with van der Waals surface area (Å²) in [5.74, 6) is -0.571. The van der Waals surface area contributed by atoms with E-state index in [4.69, 9.17) is 4.84 Å². The van der Waals surface area contributed by atoms with Crippen LogP contribution in [0.15, 0.2) is 29.3 Å². The van der Waals surface area contributed by atoms with E-state index in [9.17, 15) is 14.0 Å². The molecule has 3 rings (SSSR count). The van der Waals surface area contributed by atoms with Crippen LogP contribution < -0.4 is 10.8 Å². The van der Waals surface area contributed by atoms with Crippen molar-refractivity contribution in [2.24, 2.45) is 10.9 Å². The Morgan fingerprint density at radius 2 is 2.08 bits per heavy atom. The first kappa shape index (κ1) is 18.3. The molecule has 1 aromatic rings. The molecule has 0 bridgehead atoms. The Morgan fingerprint density at radius 1 is 1.38 bits per heavy atom. The van der Waals surface area contributed by atoms with E-state index < -0.39 is 12.3 Å². The van der Waals surface area contributed by atoms with Crippen LogP contribution in [0.5, 0.6) is 0 Å². The van der Waals surface area contributed by atoms with E-state index in [1.165, 1.54) is 12.1 Å². The minimum atomic E-state index is -0.728. The first-order chi connectivity index (χ1) is 12.3. The fraction of sp³-hybridized carbons (Fsp3) is 0.500. The van der Waals surface area contributed by atoms with Crippen molar-refractivity contribution in [1.29, 1.82) is 0 Å². The lowest BCUT2D eigenvalue weighted by Crippen LogP contribution is -2.62. The molecule has 1 fully saturated rings. The van der Waals surface area contributed by atoms with Gasteiger partial charge in [0.15, 0.2) is 0 Å². The Kier molecular flexibility index (Phi) is 5.22. The molecule has 8 heteroatoms. The van der Waals surface area contributed by atoms with Crippen LogP contribution in [0.25, 0.3) is 0 Å². The van der Waals surface area contributed by atoms with Gasteiger partial charge in [0.2, 0.25) is 18.0 Å². The lowest BCUT2D eigenvalue weighted by molar-refractivity contribution is -0.141. The summed E-state index contributed by atoms with van der Waals surface area (Å²) in [5, 5.41) is 2.89. The van der Waals surface area contributed by atoms with Gasteiger partial charge in [0.25, 0.3) is 5.91 Å². The molecular weight excluding hydrogens is 339 g/mol. The molecule has 2 N–H and O–H groups in total. The van der Waals surface area contributed by atoms with Crippen LogP contribution in [-0.2, 0) is 14.4 Å². The highest BCUT2D eigenvalue weighted by Crippen LogP contribution is 2.23. The van der Waals surface area contributed by atoms with E-state index in [0.29, 0.717) is 18.5 Å². The Labute approximate surface area is 151 Å². The van der Waals surface area contributed by atoms with Crippen LogP contribution in [0.4, 0.5) is 4.39 Å². The second-order valence-corrected chi connectivity index (χ2v) is 7.11. The van der Waals surface area contributed by atoms with E-state index >= 15 is 0 Å². The number of aliphatic imine (C=N–C) groups is 1. The van der Waals surface area contributed by atoms with Gasteiger partial charge in [0.1, 0.15) is 11.9 Å². The van der Waals surface area contributed by atoms with Crippen molar-refractivity contribution in [3.8, 4) is 0 Å². The summed E-state index contributed by atoms with van der Waals surface area (Å²) in [7, 11) is 0. The van der Waals surface area contributed by atoms with Crippen molar-refractivity contribution in [1.82, 2.24) is 15.7 Å². The summed E-state index contributed by atoms with van der Waals surface area (Å²) in [6.07, 6.45) is -0.158. The number of nitrogens with zero attached hydrogens (tertiary/aromatic N) is 2. The number of rotatable bonds is 4. The van der Waals surface area contributed by atoms with Crippen LogP contribution in [0.1, 0.15) is 39.0 Å². The van der Waals surface area contributed by atoms with Gasteiger partial charge in [-0.05, 0) is 31.4 Å². The first-order valence-electron chi connectivity index (χ1n) is 8.71. The summed E-state index contributed by atoms with van der Waals surface area (Å²) in [4.78, 5) is 36.4. The molecule has 7 nitrogen and oxygen atoms in total. The molecule has 140 valence electrons. The maximum absolute atomic E-state index is 13.1. The fourth-order valence-electron chi connectivity index (χ4n) is 3.14. The molecular formula is C18H23FN4O3. The zero-order chi connectivity index (χ0) is 18.8. The average Bonchev–Trinajstić information content (AvgIpc) is 3.07. The standard InChI is InChI=1S/C18H23FN4O3/c1-10(2)8-14-16(24)20-11(3)9-23(14)18(25)15-21-17(26-22-15)12-4-6-13(19)7-5-12/h4-7,10-11,14,17H,8-9H2,1-3H3,(H,20,24)(H,21,22). The highest BCUT2D eigenvalue weighted by atomic mass is 19.1. The summed E-state index contributed by atoms with van der Waals surface area (Å²) in [6, 6.07) is 5.05. The topological polar surface area (TPSA) is 83.0 Å². The number of benzene rings is 1. The molecule has 2 aliphatic heterocycles. The smallest absolute Gasteiger partial charge is 0.291 e. The molecule has 0 aliphatic carbocycles. The number of halogens is 1. The van der Waals surface area contributed by atoms with Crippen molar-refractivity contribution < 1.29 is 18.8 Å². The highest BCUT2D eigenvalue weighted by molar-refractivity contribution is 6.38. The molecule has 2 heterocycles. The lowest BCUT2D eigenvalue weighted by atomic mass is 9.98. The van der Waals surface area contributed by atoms with Gasteiger partial charge in [-0.3, -0.25) is 9.59 Å². The highest BCUT2D eigenvalue weighted by Gasteiger charge is 2.39. The van der Waals surface area contributed by atoms with Crippen LogP contribution in [-0.4, -0.2) is 41.2 Å². The Hall–Kier alpha value is -2.48. The number of carbonyl (C=O) groups excluding carboxylic acids is 2. The van der Waals surface area contributed by atoms with Gasteiger partial charge in [-0.1, -0.05) is 26.0 Å². The summed E-state index contributed by atoms with van der Waals surface area (Å²) >= 11 is 0. The first-order valence-corrected chi connectivity index (χ1v) is 8.71. The van der Waals surface area contributed by atoms with Gasteiger partial charge in [-0.25, -0.2) is 19.7 Å². The van der Waals surface area contributed by atoms with Gasteiger partial charge < -0.3 is 10.2 Å². The molecule has 2 amide bonds. The maximum Gasteiger partial charge on any atom is 0.291 e. The van der Waals surface area contributed by atoms with Crippen LogP contribution in [0.3, 0.4) is 0 Å². The second-order valence-electron chi connectivity index (χ2n) is 7.11. The zero-order valence-electron chi connectivity index (χ0n) is 15.0. The number of nitrogens with one attached hydrogen (secondary N) is 2. The molecule has 1 aromatic carbocycles. The number of hydrogen-bond donors (Lipinski definition) is 2. The number of amidine groups is 1. The summed E-state index contributed by atoms with van der Waals surface area (Å²) < 4.78 is 13.1. The molecule has 0 spiro atoms. The largest absolute Gasteiger partial charge is 0.350 e. The average molecular weight is 362 g/mol. The van der Waals surface area contributed by atoms with Crippen molar-refractivity contribution in [2.45, 2.75) is 45.5 Å². The van der Waals surface area contributed by atoms with Crippen molar-refractivity contribution >= 4 is 17.6 Å². The number of hydroxylamine groups is 1. The van der Waals surface area contributed by atoms with Crippen molar-refractivity contribution in [2.75, 3.05) is 6.54 Å². The van der Waals surface area contributed by atoms with Crippen LogP contribution in [0, 0.1) is 11.7 Å². The third-order valence-corrected chi connectivity index (χ3v) is 4.36. The van der Waals surface area contributed by atoms with E-state index in [0.717, 1.165) is 0 Å². The van der Waals surface area contributed by atoms with Gasteiger partial charge in [0, 0.05) is 18.2 Å². The van der Waals surface area contributed by atoms with Crippen molar-refractivity contribution in [3.05, 3.63) is 35.6 Å². The van der Waals surface area contributed by atoms with E-state index in [-0.39, 0.29) is 35.4 Å². The molecule has 1 saturated heterocycles. The molecule has 0 saturated carbocycles. The predicted octanol–water partition coefficient (Wildman–Crippen LogP) is 1.52. The minimum absolute atomic E-state index is 0.0509. The molecule has 3 atom stereocenters.